The van der Waals surface area contributed by atoms with Crippen LogP contribution in [0.15, 0.2) is 41.0 Å². The Morgan fingerprint density at radius 1 is 1.22 bits per heavy atom. The number of nitrogens with one attached hydrogen (secondary N) is 1. The van der Waals surface area contributed by atoms with Crippen molar-refractivity contribution in [1.29, 1.82) is 0 Å². The van der Waals surface area contributed by atoms with Crippen LogP contribution < -0.4 is 11.2 Å². The van der Waals surface area contributed by atoms with Crippen LogP contribution >= 0.6 is 0 Å². The fourth-order valence-electron chi connectivity index (χ4n) is 2.07. The Balaban J connectivity index is 2.20. The molecule has 2 amide bonds. The molecule has 4 nitrogen and oxygen atoms in total. The fourth-order valence-corrected chi connectivity index (χ4v) is 2.07. The summed E-state index contributed by atoms with van der Waals surface area (Å²) >= 11 is 0. The Morgan fingerprint density at radius 3 is 2.67 bits per heavy atom. The largest absolute Gasteiger partial charge is 0.350 e. The number of amides is 2. The molecule has 0 aromatic heterocycles. The van der Waals surface area contributed by atoms with Crippen LogP contribution in [0.1, 0.15) is 31.2 Å². The van der Waals surface area contributed by atoms with Crippen molar-refractivity contribution < 1.29 is 4.79 Å². The smallest absolute Gasteiger partial charge is 0.332 e. The summed E-state index contributed by atoms with van der Waals surface area (Å²) in [6, 6.07) is 9.50. The highest BCUT2D eigenvalue weighted by Gasteiger charge is 2.13. The summed E-state index contributed by atoms with van der Waals surface area (Å²) in [6.45, 7) is 0. The van der Waals surface area contributed by atoms with Gasteiger partial charge in [0.2, 0.25) is 0 Å². The quantitative estimate of drug-likeness (QED) is 0.770. The van der Waals surface area contributed by atoms with E-state index in [1.54, 1.807) is 0 Å². The van der Waals surface area contributed by atoms with Gasteiger partial charge in [-0.25, -0.2) is 10.2 Å². The predicted octanol–water partition coefficient (Wildman–Crippen LogP) is 2.67. The lowest BCUT2D eigenvalue weighted by Gasteiger charge is -2.16. The lowest BCUT2D eigenvalue weighted by Crippen LogP contribution is -2.26. The molecule has 4 heteroatoms. The van der Waals surface area contributed by atoms with Gasteiger partial charge in [0.05, 0.1) is 5.71 Å². The number of urea groups is 1. The van der Waals surface area contributed by atoms with Gasteiger partial charge in [-0.15, -0.1) is 0 Å². The molecule has 1 aromatic rings. The van der Waals surface area contributed by atoms with E-state index in [0.29, 0.717) is 0 Å². The van der Waals surface area contributed by atoms with Crippen LogP contribution in [-0.2, 0) is 0 Å². The van der Waals surface area contributed by atoms with Crippen molar-refractivity contribution in [3.8, 4) is 0 Å². The summed E-state index contributed by atoms with van der Waals surface area (Å²) in [7, 11) is 0. The molecular formula is C14H17N3O. The van der Waals surface area contributed by atoms with E-state index in [1.807, 2.05) is 18.2 Å². The highest BCUT2D eigenvalue weighted by molar-refractivity contribution is 6.04. The molecule has 3 N–H and O–H groups in total. The van der Waals surface area contributed by atoms with Gasteiger partial charge in [0.15, 0.2) is 0 Å². The Bertz CT molecular complexity index is 477. The maximum atomic E-state index is 10.7. The Kier molecular flexibility index (Phi) is 4.12. The number of carbonyl (C=O) groups is 1. The molecule has 0 radical (unpaired) electrons. The molecule has 0 atom stereocenters. The summed E-state index contributed by atoms with van der Waals surface area (Å²) in [5, 5.41) is 4.08. The van der Waals surface area contributed by atoms with Gasteiger partial charge in [0.1, 0.15) is 0 Å². The average Bonchev–Trinajstić information content (AvgIpc) is 2.39. The first-order valence-electron chi connectivity index (χ1n) is 6.14. The molecule has 1 aromatic carbocycles. The van der Waals surface area contributed by atoms with Gasteiger partial charge in [-0.3, -0.25) is 0 Å². The van der Waals surface area contributed by atoms with Crippen molar-refractivity contribution in [2.45, 2.75) is 25.7 Å². The molecule has 1 saturated carbocycles. The molecule has 18 heavy (non-hydrogen) atoms. The minimum atomic E-state index is -0.618. The van der Waals surface area contributed by atoms with Crippen molar-refractivity contribution in [3.05, 3.63) is 41.5 Å². The molecule has 0 saturated heterocycles. The lowest BCUT2D eigenvalue weighted by molar-refractivity contribution is 0.249. The third-order valence-electron chi connectivity index (χ3n) is 2.92. The van der Waals surface area contributed by atoms with E-state index in [-0.39, 0.29) is 0 Å². The number of carbonyl (C=O) groups excluding carboxylic acids is 1. The second-order valence-electron chi connectivity index (χ2n) is 4.32. The Hall–Kier alpha value is -2.10. The lowest BCUT2D eigenvalue weighted by atomic mass is 9.91. The molecule has 0 aliphatic heterocycles. The minimum absolute atomic E-state index is 0.618. The van der Waals surface area contributed by atoms with Crippen LogP contribution in [0.25, 0.3) is 6.08 Å². The number of primary amides is 1. The van der Waals surface area contributed by atoms with Crippen LogP contribution in [0.3, 0.4) is 0 Å². The normalized spacial score (nSPS) is 20.0. The zero-order valence-corrected chi connectivity index (χ0v) is 10.2. The summed E-state index contributed by atoms with van der Waals surface area (Å²) in [5.41, 5.74) is 10.6. The zero-order chi connectivity index (χ0) is 12.8. The number of hydrazone groups is 1. The first kappa shape index (κ1) is 12.4. The van der Waals surface area contributed by atoms with Crippen molar-refractivity contribution in [2.24, 2.45) is 10.8 Å². The summed E-state index contributed by atoms with van der Waals surface area (Å²) < 4.78 is 0. The number of hydrogen-bond acceptors (Lipinski definition) is 2. The van der Waals surface area contributed by atoms with Crippen molar-refractivity contribution >= 4 is 17.8 Å². The minimum Gasteiger partial charge on any atom is -0.350 e. The van der Waals surface area contributed by atoms with Gasteiger partial charge in [0.25, 0.3) is 0 Å². The highest BCUT2D eigenvalue weighted by atomic mass is 16.2. The molecule has 1 aliphatic carbocycles. The molecule has 0 spiro atoms. The van der Waals surface area contributed by atoms with Crippen LogP contribution in [-0.4, -0.2) is 11.7 Å². The van der Waals surface area contributed by atoms with E-state index < -0.39 is 6.03 Å². The standard InChI is InChI=1S/C14H17N3O/c15-14(18)17-16-13-9-5-4-8-12(13)10-11-6-2-1-3-7-11/h1-3,6-7,10H,4-5,8-9H2,(H3,15,17,18)/b12-10-,16-13-. The zero-order valence-electron chi connectivity index (χ0n) is 10.2. The number of allylic oxidation sites excluding steroid dienone is 1. The van der Waals surface area contributed by atoms with Gasteiger partial charge in [0, 0.05) is 0 Å². The molecule has 1 fully saturated rings. The van der Waals surface area contributed by atoms with E-state index in [4.69, 9.17) is 5.73 Å². The third kappa shape index (κ3) is 3.45. The highest BCUT2D eigenvalue weighted by Crippen LogP contribution is 2.23. The van der Waals surface area contributed by atoms with E-state index in [2.05, 4.69) is 28.7 Å². The third-order valence-corrected chi connectivity index (χ3v) is 2.92. The van der Waals surface area contributed by atoms with E-state index in [9.17, 15) is 4.79 Å². The molecule has 2 rings (SSSR count). The molecule has 94 valence electrons. The molecule has 0 unspecified atom stereocenters. The van der Waals surface area contributed by atoms with Gasteiger partial charge in [-0.2, -0.15) is 5.10 Å². The topological polar surface area (TPSA) is 67.5 Å². The van der Waals surface area contributed by atoms with Crippen LogP contribution in [0.4, 0.5) is 4.79 Å². The average molecular weight is 243 g/mol. The van der Waals surface area contributed by atoms with Crippen molar-refractivity contribution in [2.75, 3.05) is 0 Å². The van der Waals surface area contributed by atoms with Gasteiger partial charge < -0.3 is 5.73 Å². The van der Waals surface area contributed by atoms with Crippen LogP contribution in [0.5, 0.6) is 0 Å². The maximum absolute atomic E-state index is 10.7. The van der Waals surface area contributed by atoms with E-state index in [1.165, 1.54) is 5.57 Å². The number of nitrogens with zero attached hydrogens (tertiary/aromatic N) is 1. The second-order valence-corrected chi connectivity index (χ2v) is 4.32. The summed E-state index contributed by atoms with van der Waals surface area (Å²) in [4.78, 5) is 10.7. The van der Waals surface area contributed by atoms with Crippen molar-refractivity contribution in [1.82, 2.24) is 5.43 Å². The van der Waals surface area contributed by atoms with Gasteiger partial charge in [-0.1, -0.05) is 30.3 Å². The molecule has 1 aliphatic rings. The van der Waals surface area contributed by atoms with Crippen molar-refractivity contribution in [3.63, 3.8) is 0 Å². The number of hydrogen-bond donors (Lipinski definition) is 2. The first-order chi connectivity index (χ1) is 8.75. The van der Waals surface area contributed by atoms with Crippen LogP contribution in [0, 0.1) is 0 Å². The number of nitrogens with two attached hydrogens (primary N) is 1. The summed E-state index contributed by atoms with van der Waals surface area (Å²) in [6.07, 6.45) is 6.27. The fraction of sp³-hybridized carbons (Fsp3) is 0.286. The molecular weight excluding hydrogens is 226 g/mol. The Morgan fingerprint density at radius 2 is 1.94 bits per heavy atom. The van der Waals surface area contributed by atoms with E-state index >= 15 is 0 Å². The number of rotatable bonds is 2. The number of benzene rings is 1. The SMILES string of the molecule is NC(=O)N/N=C1/CCCC/C1=C/c1ccccc1. The van der Waals surface area contributed by atoms with E-state index in [0.717, 1.165) is 37.0 Å². The molecule has 0 bridgehead atoms. The second kappa shape index (κ2) is 6.00. The predicted molar refractivity (Wildman–Crippen MR) is 73.0 cm³/mol. The molecule has 0 heterocycles. The van der Waals surface area contributed by atoms with Gasteiger partial charge in [-0.05, 0) is 42.9 Å². The van der Waals surface area contributed by atoms with Gasteiger partial charge >= 0.3 is 6.03 Å². The van der Waals surface area contributed by atoms with Crippen LogP contribution in [0.2, 0.25) is 0 Å². The monoisotopic (exact) mass is 243 g/mol. The Labute approximate surface area is 107 Å². The summed E-state index contributed by atoms with van der Waals surface area (Å²) in [5.74, 6) is 0. The first-order valence-corrected chi connectivity index (χ1v) is 6.14. The maximum Gasteiger partial charge on any atom is 0.332 e.